The number of amides is 1. The fourth-order valence-corrected chi connectivity index (χ4v) is 4.56. The van der Waals surface area contributed by atoms with Crippen LogP contribution in [0.25, 0.3) is 0 Å². The van der Waals surface area contributed by atoms with Gasteiger partial charge in [0.15, 0.2) is 6.17 Å². The van der Waals surface area contributed by atoms with Crippen molar-refractivity contribution >= 4 is 26.0 Å². The van der Waals surface area contributed by atoms with Gasteiger partial charge >= 0.3 is 0 Å². The van der Waals surface area contributed by atoms with Crippen LogP contribution in [0.5, 0.6) is 0 Å². The lowest BCUT2D eigenvalue weighted by molar-refractivity contribution is 0.0903. The molecule has 3 aromatic carbocycles. The Morgan fingerprint density at radius 2 is 1.45 bits per heavy atom. The molecule has 5 N–H and O–H groups in total. The van der Waals surface area contributed by atoms with Crippen molar-refractivity contribution < 1.29 is 30.4 Å². The van der Waals surface area contributed by atoms with Crippen LogP contribution in [-0.4, -0.2) is 22.7 Å². The van der Waals surface area contributed by atoms with Gasteiger partial charge in [-0.15, -0.1) is 0 Å². The summed E-state index contributed by atoms with van der Waals surface area (Å²) in [7, 11) is -8.88. The Morgan fingerprint density at radius 3 is 2.03 bits per heavy atom. The van der Waals surface area contributed by atoms with Gasteiger partial charge in [0.2, 0.25) is 20.0 Å². The normalized spacial score (nSPS) is 13.8. The summed E-state index contributed by atoms with van der Waals surface area (Å²) in [5.41, 5.74) is -0.575. The number of benzene rings is 3. The van der Waals surface area contributed by atoms with E-state index in [1.165, 1.54) is 30.3 Å². The predicted octanol–water partition coefficient (Wildman–Crippen LogP) is 2.30. The molecule has 33 heavy (non-hydrogen) atoms. The number of halogens is 2. The summed E-state index contributed by atoms with van der Waals surface area (Å²) in [5.74, 6) is -1.91. The monoisotopic (exact) mass is 495 g/mol. The molecule has 0 aliphatic heterocycles. The van der Waals surface area contributed by atoms with Gasteiger partial charge < -0.3 is 5.32 Å². The maximum Gasteiger partial charge on any atom is 0.253 e. The first-order valence-electron chi connectivity index (χ1n) is 9.33. The Bertz CT molecular complexity index is 1400. The smallest absolute Gasteiger partial charge is 0.253 e. The molecule has 174 valence electrons. The molecule has 0 bridgehead atoms. The average molecular weight is 496 g/mol. The summed E-state index contributed by atoms with van der Waals surface area (Å²) in [6.45, 7) is 0. The van der Waals surface area contributed by atoms with E-state index in [1.54, 1.807) is 18.2 Å². The highest BCUT2D eigenvalue weighted by Crippen LogP contribution is 2.34. The second kappa shape index (κ2) is 9.35. The molecule has 0 aromatic heterocycles. The van der Waals surface area contributed by atoms with E-state index in [9.17, 15) is 26.0 Å². The molecule has 8 nitrogen and oxygen atoms in total. The molecule has 1 amide bonds. The van der Waals surface area contributed by atoms with Crippen LogP contribution in [0.2, 0.25) is 0 Å². The molecule has 2 unspecified atom stereocenters. The molecule has 2 atom stereocenters. The van der Waals surface area contributed by atoms with Gasteiger partial charge in [0.05, 0.1) is 21.4 Å². The molecular weight excluding hydrogens is 476 g/mol. The molecule has 0 aliphatic rings. The zero-order valence-electron chi connectivity index (χ0n) is 16.9. The Labute approximate surface area is 189 Å². The van der Waals surface area contributed by atoms with Crippen LogP contribution < -0.4 is 15.6 Å². The van der Waals surface area contributed by atoms with Crippen LogP contribution in [0.1, 0.15) is 33.7 Å². The van der Waals surface area contributed by atoms with Gasteiger partial charge in [-0.2, -0.15) is 0 Å². The van der Waals surface area contributed by atoms with E-state index in [4.69, 9.17) is 10.3 Å². The second-order valence-corrected chi connectivity index (χ2v) is 10.1. The Hall–Kier alpha value is -3.19. The fraction of sp³-hybridized carbons (Fsp3) is 0.0952. The zero-order chi connectivity index (χ0) is 24.4. The van der Waals surface area contributed by atoms with Gasteiger partial charge in [0.25, 0.3) is 5.91 Å². The number of hydrogen-bond acceptors (Lipinski definition) is 5. The molecule has 0 radical (unpaired) electrons. The number of sulfonamides is 2. The third kappa shape index (κ3) is 5.60. The minimum atomic E-state index is -4.58. The van der Waals surface area contributed by atoms with E-state index in [1.807, 2.05) is 0 Å². The molecule has 0 saturated heterocycles. The number of carbonyl (C=O) groups is 1. The van der Waals surface area contributed by atoms with Crippen LogP contribution in [0.15, 0.2) is 82.6 Å². The lowest BCUT2D eigenvalue weighted by atomic mass is 9.96. The second-order valence-electron chi connectivity index (χ2n) is 7.03. The van der Waals surface area contributed by atoms with Gasteiger partial charge in [-0.1, -0.05) is 48.5 Å². The van der Waals surface area contributed by atoms with Crippen LogP contribution in [0, 0.1) is 5.82 Å². The molecule has 0 heterocycles. The molecular formula is C21H19F2N3O5S2. The maximum absolute atomic E-state index is 15.5. The van der Waals surface area contributed by atoms with Crippen molar-refractivity contribution in [3.8, 4) is 0 Å². The van der Waals surface area contributed by atoms with Crippen molar-refractivity contribution in [1.29, 1.82) is 0 Å². The van der Waals surface area contributed by atoms with Gasteiger partial charge in [-0.25, -0.2) is 35.9 Å². The van der Waals surface area contributed by atoms with E-state index in [0.717, 1.165) is 18.2 Å². The molecule has 3 rings (SSSR count). The fourth-order valence-electron chi connectivity index (χ4n) is 3.19. The van der Waals surface area contributed by atoms with Crippen LogP contribution in [0.4, 0.5) is 8.78 Å². The van der Waals surface area contributed by atoms with Crippen molar-refractivity contribution in [2.24, 2.45) is 10.3 Å². The number of carbonyl (C=O) groups excluding carboxylic acids is 1. The Morgan fingerprint density at radius 1 is 0.848 bits per heavy atom. The van der Waals surface area contributed by atoms with Gasteiger partial charge in [0, 0.05) is 5.56 Å². The number of primary sulfonamides is 2. The molecule has 3 aromatic rings. The van der Waals surface area contributed by atoms with Crippen molar-refractivity contribution in [3.05, 3.63) is 95.3 Å². The highest BCUT2D eigenvalue weighted by atomic mass is 32.2. The quantitative estimate of drug-likeness (QED) is 0.460. The van der Waals surface area contributed by atoms with Crippen molar-refractivity contribution in [2.45, 2.75) is 22.0 Å². The number of nitrogens with two attached hydrogens (primary N) is 2. The van der Waals surface area contributed by atoms with Crippen molar-refractivity contribution in [2.75, 3.05) is 0 Å². The summed E-state index contributed by atoms with van der Waals surface area (Å²) in [6.07, 6.45) is -2.04. The minimum Gasteiger partial charge on any atom is -0.342 e. The number of hydrogen-bond donors (Lipinski definition) is 3. The minimum absolute atomic E-state index is 0.278. The third-order valence-corrected chi connectivity index (χ3v) is 6.63. The highest BCUT2D eigenvalue weighted by Gasteiger charge is 2.30. The van der Waals surface area contributed by atoms with E-state index in [0.29, 0.717) is 6.07 Å². The first kappa shape index (κ1) is 24.5. The topological polar surface area (TPSA) is 149 Å². The van der Waals surface area contributed by atoms with Crippen LogP contribution in [0.3, 0.4) is 0 Å². The van der Waals surface area contributed by atoms with Gasteiger partial charge in [-0.05, 0) is 29.8 Å². The first-order chi connectivity index (χ1) is 15.4. The number of rotatable bonds is 7. The average Bonchev–Trinajstić information content (AvgIpc) is 2.76. The summed E-state index contributed by atoms with van der Waals surface area (Å²) in [5, 5.41) is 12.5. The first-order valence-corrected chi connectivity index (χ1v) is 12.4. The summed E-state index contributed by atoms with van der Waals surface area (Å²) >= 11 is 0. The van der Waals surface area contributed by atoms with Crippen LogP contribution in [-0.2, 0) is 20.0 Å². The maximum atomic E-state index is 15.5. The SMILES string of the molecule is NS(=O)(=O)c1ccc(C(=O)NC(c2ccccc2)C(F)c2ccccc2F)c(S(N)(=O)=O)c1. The van der Waals surface area contributed by atoms with Crippen molar-refractivity contribution in [1.82, 2.24) is 5.32 Å². The van der Waals surface area contributed by atoms with E-state index < -0.39 is 59.3 Å². The van der Waals surface area contributed by atoms with Crippen molar-refractivity contribution in [3.63, 3.8) is 0 Å². The van der Waals surface area contributed by atoms with E-state index >= 15 is 4.39 Å². The highest BCUT2D eigenvalue weighted by molar-refractivity contribution is 7.90. The van der Waals surface area contributed by atoms with E-state index in [2.05, 4.69) is 5.32 Å². The standard InChI is InChI=1S/C21H19F2N3O5S2/c22-17-9-5-4-8-15(17)19(23)20(13-6-2-1-3-7-13)26-21(27)16-11-10-14(32(24,28)29)12-18(16)33(25,30)31/h1-12,19-20H,(H,26,27)(H2,24,28,29)(H2,25,30,31). The largest absolute Gasteiger partial charge is 0.342 e. The molecule has 0 spiro atoms. The number of nitrogens with one attached hydrogen (secondary N) is 1. The van der Waals surface area contributed by atoms with E-state index in [-0.39, 0.29) is 11.1 Å². The van der Waals surface area contributed by atoms with Gasteiger partial charge in [0.1, 0.15) is 5.82 Å². The zero-order valence-corrected chi connectivity index (χ0v) is 18.5. The number of alkyl halides is 1. The van der Waals surface area contributed by atoms with Crippen LogP contribution >= 0.6 is 0 Å². The molecule has 0 aliphatic carbocycles. The lowest BCUT2D eigenvalue weighted by Gasteiger charge is -2.24. The van der Waals surface area contributed by atoms with Gasteiger partial charge in [-0.3, -0.25) is 4.79 Å². The Balaban J connectivity index is 2.08. The third-order valence-electron chi connectivity index (χ3n) is 4.77. The predicted molar refractivity (Wildman–Crippen MR) is 116 cm³/mol. The Kier molecular flexibility index (Phi) is 6.93. The summed E-state index contributed by atoms with van der Waals surface area (Å²) < 4.78 is 77.0. The summed E-state index contributed by atoms with van der Waals surface area (Å²) in [6, 6.07) is 14.0. The lowest BCUT2D eigenvalue weighted by Crippen LogP contribution is -2.33. The molecule has 0 saturated carbocycles. The summed E-state index contributed by atoms with van der Waals surface area (Å²) in [4.78, 5) is 11.6. The molecule has 0 fully saturated rings. The molecule has 12 heteroatoms.